The molecule has 0 aliphatic heterocycles. The maximum Gasteiger partial charge on any atom is 0.115 e. The van der Waals surface area contributed by atoms with Gasteiger partial charge in [0.1, 0.15) is 5.75 Å². The zero-order valence-corrected chi connectivity index (χ0v) is 10.3. The molecule has 0 unspecified atom stereocenters. The van der Waals surface area contributed by atoms with Gasteiger partial charge in [-0.2, -0.15) is 5.10 Å². The zero-order valence-electron chi connectivity index (χ0n) is 10.3. The number of phenolic OH excluding ortho intramolecular Hbond substituents is 1. The number of rotatable bonds is 6. The average Bonchev–Trinajstić information content (AvgIpc) is 2.84. The summed E-state index contributed by atoms with van der Waals surface area (Å²) in [5.74, 6) is 0.283. The SMILES string of the molecule is COCCn1cc(NCc2ccc(O)cc2)cn1. The van der Waals surface area contributed by atoms with Crippen LogP contribution in [-0.4, -0.2) is 28.6 Å². The third-order valence-electron chi connectivity index (χ3n) is 2.59. The maximum atomic E-state index is 9.18. The normalized spacial score (nSPS) is 10.5. The monoisotopic (exact) mass is 247 g/mol. The molecule has 0 radical (unpaired) electrons. The van der Waals surface area contributed by atoms with Crippen LogP contribution in [0, 0.1) is 0 Å². The quantitative estimate of drug-likeness (QED) is 0.818. The number of nitrogens with zero attached hydrogens (tertiary/aromatic N) is 2. The first-order chi connectivity index (χ1) is 8.78. The van der Waals surface area contributed by atoms with E-state index in [1.54, 1.807) is 25.4 Å². The van der Waals surface area contributed by atoms with Crippen LogP contribution in [0.2, 0.25) is 0 Å². The van der Waals surface area contributed by atoms with Crippen LogP contribution in [0.5, 0.6) is 5.75 Å². The lowest BCUT2D eigenvalue weighted by Gasteiger charge is -2.03. The Balaban J connectivity index is 1.86. The van der Waals surface area contributed by atoms with Gasteiger partial charge in [0, 0.05) is 19.9 Å². The molecule has 0 fully saturated rings. The maximum absolute atomic E-state index is 9.18. The van der Waals surface area contributed by atoms with E-state index in [0.29, 0.717) is 13.2 Å². The molecule has 5 heteroatoms. The van der Waals surface area contributed by atoms with E-state index in [1.165, 1.54) is 0 Å². The minimum Gasteiger partial charge on any atom is -0.508 e. The van der Waals surface area contributed by atoms with Gasteiger partial charge >= 0.3 is 0 Å². The lowest BCUT2D eigenvalue weighted by molar-refractivity contribution is 0.183. The highest BCUT2D eigenvalue weighted by Gasteiger charge is 1.98. The summed E-state index contributed by atoms with van der Waals surface area (Å²) in [7, 11) is 1.67. The zero-order chi connectivity index (χ0) is 12.8. The molecule has 1 aromatic carbocycles. The number of anilines is 1. The molecule has 0 saturated heterocycles. The van der Waals surface area contributed by atoms with Crippen molar-refractivity contribution in [1.82, 2.24) is 9.78 Å². The number of ether oxygens (including phenoxy) is 1. The summed E-state index contributed by atoms with van der Waals surface area (Å²) in [6.45, 7) is 2.10. The second-order valence-electron chi connectivity index (χ2n) is 4.00. The summed E-state index contributed by atoms with van der Waals surface area (Å²) < 4.78 is 6.83. The van der Waals surface area contributed by atoms with Crippen LogP contribution in [0.1, 0.15) is 5.56 Å². The summed E-state index contributed by atoms with van der Waals surface area (Å²) >= 11 is 0. The van der Waals surface area contributed by atoms with E-state index in [9.17, 15) is 5.11 Å². The lowest BCUT2D eigenvalue weighted by Crippen LogP contribution is -2.04. The number of aromatic hydroxyl groups is 1. The number of aromatic nitrogens is 2. The first-order valence-corrected chi connectivity index (χ1v) is 5.81. The van der Waals surface area contributed by atoms with Crippen molar-refractivity contribution in [3.63, 3.8) is 0 Å². The molecule has 1 heterocycles. The summed E-state index contributed by atoms with van der Waals surface area (Å²) in [5.41, 5.74) is 2.08. The molecule has 0 spiro atoms. The van der Waals surface area contributed by atoms with Crippen molar-refractivity contribution >= 4 is 5.69 Å². The molecule has 0 amide bonds. The van der Waals surface area contributed by atoms with Crippen LogP contribution in [0.15, 0.2) is 36.7 Å². The van der Waals surface area contributed by atoms with E-state index in [-0.39, 0.29) is 5.75 Å². The van der Waals surface area contributed by atoms with Crippen LogP contribution >= 0.6 is 0 Å². The Bertz CT molecular complexity index is 479. The molecule has 0 bridgehead atoms. The van der Waals surface area contributed by atoms with E-state index in [2.05, 4.69) is 10.4 Å². The predicted molar refractivity (Wildman–Crippen MR) is 69.5 cm³/mol. The highest BCUT2D eigenvalue weighted by atomic mass is 16.5. The highest BCUT2D eigenvalue weighted by Crippen LogP contribution is 2.12. The third-order valence-corrected chi connectivity index (χ3v) is 2.59. The van der Waals surface area contributed by atoms with E-state index < -0.39 is 0 Å². The fourth-order valence-electron chi connectivity index (χ4n) is 1.58. The molecule has 18 heavy (non-hydrogen) atoms. The van der Waals surface area contributed by atoms with E-state index in [0.717, 1.165) is 17.8 Å². The molecule has 1 aromatic heterocycles. The van der Waals surface area contributed by atoms with Crippen LogP contribution in [0.4, 0.5) is 5.69 Å². The van der Waals surface area contributed by atoms with Crippen LogP contribution in [0.25, 0.3) is 0 Å². The van der Waals surface area contributed by atoms with Crippen LogP contribution < -0.4 is 5.32 Å². The summed E-state index contributed by atoms with van der Waals surface area (Å²) in [6.07, 6.45) is 3.73. The second-order valence-corrected chi connectivity index (χ2v) is 4.00. The van der Waals surface area contributed by atoms with Crippen molar-refractivity contribution in [3.05, 3.63) is 42.2 Å². The number of nitrogens with one attached hydrogen (secondary N) is 1. The molecule has 0 aliphatic carbocycles. The molecular formula is C13H17N3O2. The molecule has 0 atom stereocenters. The van der Waals surface area contributed by atoms with Crippen molar-refractivity contribution in [3.8, 4) is 5.75 Å². The Morgan fingerprint density at radius 3 is 2.83 bits per heavy atom. The smallest absolute Gasteiger partial charge is 0.115 e. The summed E-state index contributed by atoms with van der Waals surface area (Å²) in [6, 6.07) is 7.13. The van der Waals surface area contributed by atoms with Gasteiger partial charge in [-0.3, -0.25) is 4.68 Å². The molecule has 5 nitrogen and oxygen atoms in total. The van der Waals surface area contributed by atoms with Crippen molar-refractivity contribution in [2.45, 2.75) is 13.1 Å². The van der Waals surface area contributed by atoms with E-state index in [4.69, 9.17) is 4.74 Å². The second kappa shape index (κ2) is 6.07. The van der Waals surface area contributed by atoms with Crippen molar-refractivity contribution in [2.24, 2.45) is 0 Å². The van der Waals surface area contributed by atoms with Gasteiger partial charge in [-0.1, -0.05) is 12.1 Å². The molecule has 2 N–H and O–H groups in total. The van der Waals surface area contributed by atoms with Gasteiger partial charge in [0.25, 0.3) is 0 Å². The highest BCUT2D eigenvalue weighted by molar-refractivity contribution is 5.39. The molecule has 0 aliphatic rings. The molecule has 2 aromatic rings. The number of hydrogen-bond acceptors (Lipinski definition) is 4. The van der Waals surface area contributed by atoms with E-state index >= 15 is 0 Å². The van der Waals surface area contributed by atoms with Gasteiger partial charge in [-0.05, 0) is 17.7 Å². The fraction of sp³-hybridized carbons (Fsp3) is 0.308. The minimum atomic E-state index is 0.283. The Labute approximate surface area is 106 Å². The topological polar surface area (TPSA) is 59.3 Å². The Morgan fingerprint density at radius 2 is 2.11 bits per heavy atom. The van der Waals surface area contributed by atoms with Crippen LogP contribution in [0.3, 0.4) is 0 Å². The van der Waals surface area contributed by atoms with Crippen molar-refractivity contribution < 1.29 is 9.84 Å². The minimum absolute atomic E-state index is 0.283. The van der Waals surface area contributed by atoms with Gasteiger partial charge in [-0.25, -0.2) is 0 Å². The van der Waals surface area contributed by atoms with Gasteiger partial charge in [0.2, 0.25) is 0 Å². The molecule has 96 valence electrons. The third kappa shape index (κ3) is 3.49. The lowest BCUT2D eigenvalue weighted by atomic mass is 10.2. The Kier molecular flexibility index (Phi) is 4.20. The van der Waals surface area contributed by atoms with Gasteiger partial charge in [0.15, 0.2) is 0 Å². The first kappa shape index (κ1) is 12.4. The number of hydrogen-bond donors (Lipinski definition) is 2. The molecule has 0 saturated carbocycles. The van der Waals surface area contributed by atoms with Gasteiger partial charge in [0.05, 0.1) is 25.0 Å². The van der Waals surface area contributed by atoms with Crippen LogP contribution in [-0.2, 0) is 17.8 Å². The van der Waals surface area contributed by atoms with E-state index in [1.807, 2.05) is 23.0 Å². The largest absolute Gasteiger partial charge is 0.508 e. The standard InChI is InChI=1S/C13H17N3O2/c1-18-7-6-16-10-12(9-15-16)14-8-11-2-4-13(17)5-3-11/h2-5,9-10,14,17H,6-8H2,1H3. The molecule has 2 rings (SSSR count). The summed E-state index contributed by atoms with van der Waals surface area (Å²) in [5, 5.41) is 16.7. The fourth-order valence-corrected chi connectivity index (χ4v) is 1.58. The number of methoxy groups -OCH3 is 1. The number of benzene rings is 1. The molecular weight excluding hydrogens is 230 g/mol. The Hall–Kier alpha value is -2.01. The van der Waals surface area contributed by atoms with Crippen molar-refractivity contribution in [2.75, 3.05) is 19.0 Å². The Morgan fingerprint density at radius 1 is 1.33 bits per heavy atom. The predicted octanol–water partition coefficient (Wildman–Crippen LogP) is 1.85. The summed E-state index contributed by atoms with van der Waals surface area (Å²) in [4.78, 5) is 0. The van der Waals surface area contributed by atoms with Gasteiger partial charge < -0.3 is 15.2 Å². The first-order valence-electron chi connectivity index (χ1n) is 5.81. The van der Waals surface area contributed by atoms with Gasteiger partial charge in [-0.15, -0.1) is 0 Å². The van der Waals surface area contributed by atoms with Crippen molar-refractivity contribution in [1.29, 1.82) is 0 Å². The number of phenols is 1. The average molecular weight is 247 g/mol.